The fourth-order valence-electron chi connectivity index (χ4n) is 8.03. The molecule has 0 aliphatic carbocycles. The van der Waals surface area contributed by atoms with Gasteiger partial charge in [-0.1, -0.05) is 140 Å². The van der Waals surface area contributed by atoms with Crippen LogP contribution in [0.2, 0.25) is 0 Å². The van der Waals surface area contributed by atoms with Crippen LogP contribution in [-0.2, 0) is 0 Å². The number of furan rings is 1. The minimum atomic E-state index is 0.688. The second-order valence-electron chi connectivity index (χ2n) is 13.4. The first-order valence-corrected chi connectivity index (χ1v) is 17.6. The second kappa shape index (κ2) is 11.2. The molecule has 0 amide bonds. The molecule has 11 aromatic rings. The van der Waals surface area contributed by atoms with Gasteiger partial charge in [-0.05, 0) is 46.5 Å². The molecule has 52 heavy (non-hydrogen) atoms. The van der Waals surface area contributed by atoms with E-state index in [-0.39, 0.29) is 0 Å². The zero-order valence-electron chi connectivity index (χ0n) is 28.0. The molecular formula is C48H29N3O. The summed E-state index contributed by atoms with van der Waals surface area (Å²) in [6.45, 7) is 0. The number of para-hydroxylation sites is 1. The zero-order valence-corrected chi connectivity index (χ0v) is 28.0. The Morgan fingerprint density at radius 1 is 0.404 bits per heavy atom. The summed E-state index contributed by atoms with van der Waals surface area (Å²) in [6.07, 6.45) is 0. The summed E-state index contributed by atoms with van der Waals surface area (Å²) in [7, 11) is 0. The molecule has 3 aromatic heterocycles. The standard InChI is InChI=1S/C48H29N3O/c1-3-14-30(15-4-1)39-28-40(50-48(49-39)31-16-5-2-6-17-31)37-23-13-25-44-47(37)46-36-22-10-9-20-34(36)43(29-45(46)52-44)51-41-24-12-11-21-35(41)38-26-32-18-7-8-19-33(32)27-42(38)51/h1-29H. The smallest absolute Gasteiger partial charge is 0.160 e. The third-order valence-corrected chi connectivity index (χ3v) is 10.4. The maximum Gasteiger partial charge on any atom is 0.160 e. The minimum Gasteiger partial charge on any atom is -0.456 e. The highest BCUT2D eigenvalue weighted by atomic mass is 16.3. The van der Waals surface area contributed by atoms with Crippen LogP contribution in [0.3, 0.4) is 0 Å². The molecule has 8 aromatic carbocycles. The van der Waals surface area contributed by atoms with Gasteiger partial charge in [-0.3, -0.25) is 0 Å². The zero-order chi connectivity index (χ0) is 34.2. The molecule has 0 unspecified atom stereocenters. The highest BCUT2D eigenvalue weighted by Crippen LogP contribution is 2.44. The molecule has 0 atom stereocenters. The van der Waals surface area contributed by atoms with Gasteiger partial charge in [0.2, 0.25) is 0 Å². The summed E-state index contributed by atoms with van der Waals surface area (Å²) in [6, 6.07) is 61.8. The van der Waals surface area contributed by atoms with Crippen LogP contribution >= 0.6 is 0 Å². The summed E-state index contributed by atoms with van der Waals surface area (Å²) in [5.74, 6) is 0.688. The average molecular weight is 664 g/mol. The Morgan fingerprint density at radius 3 is 1.87 bits per heavy atom. The normalized spacial score (nSPS) is 11.8. The van der Waals surface area contributed by atoms with Crippen molar-refractivity contribution in [1.29, 1.82) is 0 Å². The van der Waals surface area contributed by atoms with Crippen LogP contribution < -0.4 is 0 Å². The average Bonchev–Trinajstić information content (AvgIpc) is 3.75. The van der Waals surface area contributed by atoms with Gasteiger partial charge < -0.3 is 8.98 Å². The van der Waals surface area contributed by atoms with Gasteiger partial charge in [-0.2, -0.15) is 0 Å². The molecule has 242 valence electrons. The van der Waals surface area contributed by atoms with Gasteiger partial charge in [0.05, 0.1) is 28.1 Å². The van der Waals surface area contributed by atoms with Crippen LogP contribution in [0.5, 0.6) is 0 Å². The Labute approximate surface area is 298 Å². The largest absolute Gasteiger partial charge is 0.456 e. The molecule has 0 spiro atoms. The number of hydrogen-bond acceptors (Lipinski definition) is 3. The van der Waals surface area contributed by atoms with Crippen molar-refractivity contribution >= 4 is 65.3 Å². The molecule has 11 rings (SSSR count). The molecule has 0 saturated carbocycles. The maximum absolute atomic E-state index is 6.83. The van der Waals surface area contributed by atoms with Crippen molar-refractivity contribution in [2.24, 2.45) is 0 Å². The van der Waals surface area contributed by atoms with Crippen molar-refractivity contribution in [3.8, 4) is 39.6 Å². The lowest BCUT2D eigenvalue weighted by molar-refractivity contribution is 0.669. The van der Waals surface area contributed by atoms with Crippen LogP contribution in [0.4, 0.5) is 0 Å². The van der Waals surface area contributed by atoms with Gasteiger partial charge in [0.25, 0.3) is 0 Å². The van der Waals surface area contributed by atoms with E-state index in [1.165, 1.54) is 27.1 Å². The summed E-state index contributed by atoms with van der Waals surface area (Å²) in [4.78, 5) is 10.3. The van der Waals surface area contributed by atoms with E-state index >= 15 is 0 Å². The molecule has 0 aliphatic rings. The van der Waals surface area contributed by atoms with Crippen LogP contribution in [0.15, 0.2) is 180 Å². The Balaban J connectivity index is 1.22. The lowest BCUT2D eigenvalue weighted by Crippen LogP contribution is -1.97. The van der Waals surface area contributed by atoms with Gasteiger partial charge in [-0.25, -0.2) is 9.97 Å². The predicted molar refractivity (Wildman–Crippen MR) is 215 cm³/mol. The highest BCUT2D eigenvalue weighted by molar-refractivity contribution is 6.25. The van der Waals surface area contributed by atoms with Gasteiger partial charge >= 0.3 is 0 Å². The first-order valence-electron chi connectivity index (χ1n) is 17.6. The van der Waals surface area contributed by atoms with E-state index in [0.717, 1.165) is 72.0 Å². The number of nitrogens with zero attached hydrogens (tertiary/aromatic N) is 3. The molecular weight excluding hydrogens is 635 g/mol. The highest BCUT2D eigenvalue weighted by Gasteiger charge is 2.22. The van der Waals surface area contributed by atoms with Crippen molar-refractivity contribution < 1.29 is 4.42 Å². The lowest BCUT2D eigenvalue weighted by Gasteiger charge is -2.13. The first kappa shape index (κ1) is 28.8. The van der Waals surface area contributed by atoms with E-state index in [1.807, 2.05) is 36.4 Å². The molecule has 0 fully saturated rings. The fourth-order valence-corrected chi connectivity index (χ4v) is 8.03. The fraction of sp³-hybridized carbons (Fsp3) is 0. The molecule has 4 nitrogen and oxygen atoms in total. The first-order chi connectivity index (χ1) is 25.8. The molecule has 0 radical (unpaired) electrons. The van der Waals surface area contributed by atoms with Crippen LogP contribution in [0, 0.1) is 0 Å². The van der Waals surface area contributed by atoms with E-state index in [9.17, 15) is 0 Å². The van der Waals surface area contributed by atoms with Crippen molar-refractivity contribution in [3.05, 3.63) is 176 Å². The number of benzene rings is 8. The van der Waals surface area contributed by atoms with E-state index in [1.54, 1.807) is 0 Å². The number of fused-ring (bicyclic) bond motifs is 9. The van der Waals surface area contributed by atoms with Crippen molar-refractivity contribution in [1.82, 2.24) is 14.5 Å². The Hall–Kier alpha value is -7.04. The summed E-state index contributed by atoms with van der Waals surface area (Å²) >= 11 is 0. The van der Waals surface area contributed by atoms with Gasteiger partial charge in [0.15, 0.2) is 5.82 Å². The number of rotatable bonds is 4. The second-order valence-corrected chi connectivity index (χ2v) is 13.4. The van der Waals surface area contributed by atoms with E-state index < -0.39 is 0 Å². The van der Waals surface area contributed by atoms with Gasteiger partial charge in [0.1, 0.15) is 11.2 Å². The monoisotopic (exact) mass is 663 g/mol. The van der Waals surface area contributed by atoms with E-state index in [2.05, 4.69) is 144 Å². The van der Waals surface area contributed by atoms with Crippen LogP contribution in [0.25, 0.3) is 105 Å². The lowest BCUT2D eigenvalue weighted by atomic mass is 9.97. The number of hydrogen-bond donors (Lipinski definition) is 0. The van der Waals surface area contributed by atoms with Crippen LogP contribution in [-0.4, -0.2) is 14.5 Å². The Bertz CT molecular complexity index is 3120. The van der Waals surface area contributed by atoms with Crippen molar-refractivity contribution in [2.45, 2.75) is 0 Å². The van der Waals surface area contributed by atoms with Crippen molar-refractivity contribution in [2.75, 3.05) is 0 Å². The topological polar surface area (TPSA) is 43.9 Å². The molecule has 0 saturated heterocycles. The molecule has 4 heteroatoms. The Kier molecular flexibility index (Phi) is 6.22. The molecule has 0 bridgehead atoms. The summed E-state index contributed by atoms with van der Waals surface area (Å²) in [5.41, 5.74) is 9.83. The minimum absolute atomic E-state index is 0.688. The summed E-state index contributed by atoms with van der Waals surface area (Å²) in [5, 5.41) is 9.33. The summed E-state index contributed by atoms with van der Waals surface area (Å²) < 4.78 is 9.24. The van der Waals surface area contributed by atoms with E-state index in [0.29, 0.717) is 5.82 Å². The third kappa shape index (κ3) is 4.34. The maximum atomic E-state index is 6.83. The molecule has 0 aliphatic heterocycles. The van der Waals surface area contributed by atoms with E-state index in [4.69, 9.17) is 14.4 Å². The van der Waals surface area contributed by atoms with Gasteiger partial charge in [0, 0.05) is 49.7 Å². The SMILES string of the molecule is c1ccc(-c2cc(-c3cccc4oc5cc(-n6c7ccccc7c7cc8ccccc8cc76)c6ccccc6c5c34)nc(-c3ccccc3)n2)cc1. The quantitative estimate of drug-likeness (QED) is 0.188. The predicted octanol–water partition coefficient (Wildman–Crippen LogP) is 12.8. The van der Waals surface area contributed by atoms with Crippen molar-refractivity contribution in [3.63, 3.8) is 0 Å². The number of aromatic nitrogens is 3. The Morgan fingerprint density at radius 2 is 1.06 bits per heavy atom. The van der Waals surface area contributed by atoms with Crippen LogP contribution in [0.1, 0.15) is 0 Å². The van der Waals surface area contributed by atoms with Gasteiger partial charge in [-0.15, -0.1) is 0 Å². The third-order valence-electron chi connectivity index (χ3n) is 10.4. The molecule has 3 heterocycles. The molecule has 0 N–H and O–H groups in total.